The van der Waals surface area contributed by atoms with Crippen LogP contribution in [-0.2, 0) is 10.0 Å². The van der Waals surface area contributed by atoms with Gasteiger partial charge in [0.2, 0.25) is 0 Å². The van der Waals surface area contributed by atoms with E-state index in [-0.39, 0.29) is 5.92 Å². The molecule has 0 saturated carbocycles. The first-order valence-electron chi connectivity index (χ1n) is 7.61. The molecule has 0 spiro atoms. The molecule has 3 aromatic rings. The van der Waals surface area contributed by atoms with Crippen LogP contribution in [0.5, 0.6) is 0 Å². The molecule has 0 radical (unpaired) electrons. The van der Waals surface area contributed by atoms with Gasteiger partial charge in [0.15, 0.2) is 5.65 Å². The number of aromatic nitrogens is 3. The third-order valence-corrected chi connectivity index (χ3v) is 7.90. The maximum atomic E-state index is 12.7. The van der Waals surface area contributed by atoms with Gasteiger partial charge in [-0.25, -0.2) is 8.42 Å². The topological polar surface area (TPSA) is 67.6 Å². The van der Waals surface area contributed by atoms with Crippen molar-refractivity contribution < 1.29 is 8.42 Å². The van der Waals surface area contributed by atoms with E-state index in [0.717, 1.165) is 35.7 Å². The van der Waals surface area contributed by atoms with Crippen molar-refractivity contribution in [2.24, 2.45) is 0 Å². The minimum atomic E-state index is -3.45. The van der Waals surface area contributed by atoms with Crippen molar-refractivity contribution >= 4 is 38.6 Å². The molecule has 1 fully saturated rings. The summed E-state index contributed by atoms with van der Waals surface area (Å²) in [6.07, 6.45) is 3.41. The fraction of sp³-hybridized carbons (Fsp3) is 0.333. The molecule has 3 aromatic heterocycles. The van der Waals surface area contributed by atoms with Crippen molar-refractivity contribution in [2.45, 2.75) is 23.0 Å². The van der Waals surface area contributed by atoms with Crippen molar-refractivity contribution in [3.63, 3.8) is 0 Å². The van der Waals surface area contributed by atoms with Gasteiger partial charge in [-0.2, -0.15) is 4.31 Å². The normalized spacial score (nSPS) is 17.5. The van der Waals surface area contributed by atoms with Crippen LogP contribution in [0.15, 0.2) is 40.7 Å². The van der Waals surface area contributed by atoms with Gasteiger partial charge in [-0.15, -0.1) is 21.5 Å². The molecule has 24 heavy (non-hydrogen) atoms. The molecule has 0 atom stereocenters. The highest BCUT2D eigenvalue weighted by Crippen LogP contribution is 2.33. The smallest absolute Gasteiger partial charge is 0.252 e. The fourth-order valence-electron chi connectivity index (χ4n) is 3.06. The zero-order valence-corrected chi connectivity index (χ0v) is 15.1. The average Bonchev–Trinajstić information content (AvgIpc) is 3.21. The van der Waals surface area contributed by atoms with E-state index >= 15 is 0 Å². The van der Waals surface area contributed by atoms with E-state index < -0.39 is 10.0 Å². The summed E-state index contributed by atoms with van der Waals surface area (Å²) in [6, 6.07) is 8.97. The number of nitrogens with zero attached hydrogens (tertiary/aromatic N) is 4. The number of rotatable bonds is 3. The Labute approximate surface area is 148 Å². The van der Waals surface area contributed by atoms with Crippen molar-refractivity contribution in [3.05, 3.63) is 46.7 Å². The molecule has 6 nitrogen and oxygen atoms in total. The molecule has 1 saturated heterocycles. The Kier molecular flexibility index (Phi) is 4.07. The predicted molar refractivity (Wildman–Crippen MR) is 93.0 cm³/mol. The maximum absolute atomic E-state index is 12.7. The van der Waals surface area contributed by atoms with E-state index in [1.807, 2.05) is 28.8 Å². The van der Waals surface area contributed by atoms with Crippen LogP contribution in [0.2, 0.25) is 4.34 Å². The van der Waals surface area contributed by atoms with E-state index in [2.05, 4.69) is 10.2 Å². The molecule has 1 aliphatic rings. The van der Waals surface area contributed by atoms with Crippen LogP contribution in [-0.4, -0.2) is 40.4 Å². The Hall–Kier alpha value is -1.48. The number of fused-ring (bicyclic) bond motifs is 1. The van der Waals surface area contributed by atoms with Gasteiger partial charge in [-0.1, -0.05) is 17.7 Å². The zero-order valence-electron chi connectivity index (χ0n) is 12.7. The van der Waals surface area contributed by atoms with Crippen molar-refractivity contribution in [1.82, 2.24) is 18.9 Å². The van der Waals surface area contributed by atoms with Crippen LogP contribution in [0.3, 0.4) is 0 Å². The summed E-state index contributed by atoms with van der Waals surface area (Å²) in [5, 5.41) is 8.48. The number of piperidine rings is 1. The minimum absolute atomic E-state index is 0.209. The van der Waals surface area contributed by atoms with Crippen molar-refractivity contribution in [2.75, 3.05) is 13.1 Å². The first kappa shape index (κ1) is 16.0. The second kappa shape index (κ2) is 6.11. The summed E-state index contributed by atoms with van der Waals surface area (Å²) in [5.41, 5.74) is 0.816. The van der Waals surface area contributed by atoms with Crippen molar-refractivity contribution in [1.29, 1.82) is 0 Å². The first-order chi connectivity index (χ1) is 11.6. The standard InChI is InChI=1S/C15H15ClN4O2S2/c16-12-4-5-14(23-12)24(21,22)19-9-6-11(7-10-19)15-18-17-13-3-1-2-8-20(13)15/h1-5,8,11H,6-7,9-10H2. The van der Waals surface area contributed by atoms with Gasteiger partial charge >= 0.3 is 0 Å². The molecule has 9 heteroatoms. The lowest BCUT2D eigenvalue weighted by Gasteiger charge is -2.29. The second-order valence-electron chi connectivity index (χ2n) is 5.72. The first-order valence-corrected chi connectivity index (χ1v) is 10.2. The van der Waals surface area contributed by atoms with Gasteiger partial charge in [0.25, 0.3) is 10.0 Å². The molecule has 0 unspecified atom stereocenters. The van der Waals surface area contributed by atoms with Crippen LogP contribution in [0, 0.1) is 0 Å². The number of halogens is 1. The molecule has 4 rings (SSSR count). The number of thiophene rings is 1. The Morgan fingerprint density at radius 3 is 2.62 bits per heavy atom. The highest BCUT2D eigenvalue weighted by Gasteiger charge is 2.32. The maximum Gasteiger partial charge on any atom is 0.252 e. The predicted octanol–water partition coefficient (Wildman–Crippen LogP) is 3.01. The SMILES string of the molecule is O=S(=O)(c1ccc(Cl)s1)N1CCC(c2nnc3ccccn23)CC1. The van der Waals surface area contributed by atoms with Gasteiger partial charge < -0.3 is 0 Å². The summed E-state index contributed by atoms with van der Waals surface area (Å²) >= 11 is 6.97. The fourth-order valence-corrected chi connectivity index (χ4v) is 6.16. The summed E-state index contributed by atoms with van der Waals surface area (Å²) in [5.74, 6) is 1.11. The lowest BCUT2D eigenvalue weighted by Crippen LogP contribution is -2.37. The third-order valence-electron chi connectivity index (χ3n) is 4.30. The molecule has 0 aromatic carbocycles. The van der Waals surface area contributed by atoms with Crippen molar-refractivity contribution in [3.8, 4) is 0 Å². The van der Waals surface area contributed by atoms with E-state index in [1.165, 1.54) is 4.31 Å². The van der Waals surface area contributed by atoms with E-state index in [1.54, 1.807) is 12.1 Å². The largest absolute Gasteiger partial charge is 0.286 e. The van der Waals surface area contributed by atoms with Gasteiger partial charge in [0.1, 0.15) is 10.0 Å². The Morgan fingerprint density at radius 1 is 1.12 bits per heavy atom. The monoisotopic (exact) mass is 382 g/mol. The van der Waals surface area contributed by atoms with Crippen LogP contribution in [0.1, 0.15) is 24.6 Å². The van der Waals surface area contributed by atoms with Crippen LogP contribution in [0.4, 0.5) is 0 Å². The van der Waals surface area contributed by atoms with Crippen LogP contribution < -0.4 is 0 Å². The van der Waals surface area contributed by atoms with Gasteiger partial charge in [0, 0.05) is 25.2 Å². The van der Waals surface area contributed by atoms with Crippen LogP contribution >= 0.6 is 22.9 Å². The second-order valence-corrected chi connectivity index (χ2v) is 9.60. The Balaban J connectivity index is 1.53. The van der Waals surface area contributed by atoms with Gasteiger partial charge in [-0.05, 0) is 37.1 Å². The lowest BCUT2D eigenvalue weighted by atomic mass is 9.97. The quantitative estimate of drug-likeness (QED) is 0.698. The average molecular weight is 383 g/mol. The molecular weight excluding hydrogens is 368 g/mol. The molecule has 126 valence electrons. The van der Waals surface area contributed by atoms with Gasteiger partial charge in [0.05, 0.1) is 4.34 Å². The number of pyridine rings is 1. The summed E-state index contributed by atoms with van der Waals surface area (Å²) in [7, 11) is -3.45. The Bertz CT molecular complexity index is 974. The molecule has 0 bridgehead atoms. The summed E-state index contributed by atoms with van der Waals surface area (Å²) < 4.78 is 29.6. The molecule has 1 aliphatic heterocycles. The van der Waals surface area contributed by atoms with E-state index in [9.17, 15) is 8.42 Å². The van der Waals surface area contributed by atoms with Gasteiger partial charge in [-0.3, -0.25) is 4.40 Å². The minimum Gasteiger partial charge on any atom is -0.286 e. The summed E-state index contributed by atoms with van der Waals surface area (Å²) in [6.45, 7) is 0.953. The summed E-state index contributed by atoms with van der Waals surface area (Å²) in [4.78, 5) is 0. The van der Waals surface area contributed by atoms with Crippen LogP contribution in [0.25, 0.3) is 5.65 Å². The highest BCUT2D eigenvalue weighted by molar-refractivity contribution is 7.91. The molecular formula is C15H15ClN4O2S2. The number of hydrogen-bond acceptors (Lipinski definition) is 5. The molecule has 4 heterocycles. The Morgan fingerprint density at radius 2 is 1.92 bits per heavy atom. The van der Waals surface area contributed by atoms with E-state index in [4.69, 9.17) is 11.6 Å². The van der Waals surface area contributed by atoms with E-state index in [0.29, 0.717) is 21.6 Å². The zero-order chi connectivity index (χ0) is 16.7. The molecule has 0 amide bonds. The highest BCUT2D eigenvalue weighted by atomic mass is 35.5. The number of sulfonamides is 1. The lowest BCUT2D eigenvalue weighted by molar-refractivity contribution is 0.313. The molecule has 0 N–H and O–H groups in total. The molecule has 0 aliphatic carbocycles. The number of hydrogen-bond donors (Lipinski definition) is 0. The third kappa shape index (κ3) is 2.73.